The van der Waals surface area contributed by atoms with Crippen LogP contribution in [0.3, 0.4) is 0 Å². The predicted octanol–water partition coefficient (Wildman–Crippen LogP) is 4.47. The van der Waals surface area contributed by atoms with E-state index in [0.29, 0.717) is 6.61 Å². The Kier molecular flexibility index (Phi) is 3.89. The van der Waals surface area contributed by atoms with E-state index in [4.69, 9.17) is 4.74 Å². The molecular weight excluding hydrogens is 260 g/mol. The lowest BCUT2D eigenvalue weighted by atomic mass is 10.1. The third-order valence-corrected chi connectivity index (χ3v) is 3.64. The van der Waals surface area contributed by atoms with Crippen LogP contribution in [0, 0.1) is 0 Å². The third kappa shape index (κ3) is 3.06. The van der Waals surface area contributed by atoms with Crippen molar-refractivity contribution in [3.05, 3.63) is 77.9 Å². The molecule has 0 spiro atoms. The molecule has 2 heteroatoms. The summed E-state index contributed by atoms with van der Waals surface area (Å²) in [4.78, 5) is 0. The number of aliphatic hydroxyl groups excluding tert-OH is 1. The van der Waals surface area contributed by atoms with Crippen molar-refractivity contribution >= 4 is 10.8 Å². The first-order chi connectivity index (χ1) is 10.2. The fraction of sp³-hybridized carbons (Fsp3) is 0.158. The normalized spacial score (nSPS) is 12.3. The van der Waals surface area contributed by atoms with Crippen LogP contribution in [-0.4, -0.2) is 5.11 Å². The van der Waals surface area contributed by atoms with Gasteiger partial charge < -0.3 is 9.84 Å². The first-order valence-corrected chi connectivity index (χ1v) is 7.11. The molecular formula is C19H18O2. The molecule has 3 aromatic rings. The Bertz CT molecular complexity index is 725. The molecule has 0 bridgehead atoms. The van der Waals surface area contributed by atoms with E-state index in [0.717, 1.165) is 11.3 Å². The molecule has 3 rings (SSSR count). The SMILES string of the molecule is C[C@@H](O)c1ccc(OCc2cccc3ccccc23)cc1. The van der Waals surface area contributed by atoms with Crippen molar-refractivity contribution < 1.29 is 9.84 Å². The van der Waals surface area contributed by atoms with Gasteiger partial charge in [0.15, 0.2) is 0 Å². The standard InChI is InChI=1S/C19H18O2/c1-14(20)15-9-11-18(12-10-15)21-13-17-7-4-6-16-5-2-3-8-19(16)17/h2-12,14,20H,13H2,1H3/t14-/m1/s1. The van der Waals surface area contributed by atoms with Gasteiger partial charge in [-0.15, -0.1) is 0 Å². The van der Waals surface area contributed by atoms with Gasteiger partial charge in [-0.25, -0.2) is 0 Å². The lowest BCUT2D eigenvalue weighted by molar-refractivity contribution is 0.199. The van der Waals surface area contributed by atoms with Crippen LogP contribution < -0.4 is 4.74 Å². The minimum atomic E-state index is -0.447. The second-order valence-electron chi connectivity index (χ2n) is 5.17. The lowest BCUT2D eigenvalue weighted by Gasteiger charge is -2.10. The molecule has 0 saturated carbocycles. The number of ether oxygens (including phenoxy) is 1. The molecule has 106 valence electrons. The Balaban J connectivity index is 1.77. The van der Waals surface area contributed by atoms with E-state index >= 15 is 0 Å². The molecule has 1 N–H and O–H groups in total. The van der Waals surface area contributed by atoms with Crippen molar-refractivity contribution in [2.45, 2.75) is 19.6 Å². The summed E-state index contributed by atoms with van der Waals surface area (Å²) in [5.74, 6) is 0.812. The van der Waals surface area contributed by atoms with Gasteiger partial charge >= 0.3 is 0 Å². The molecule has 0 heterocycles. The maximum absolute atomic E-state index is 9.50. The van der Waals surface area contributed by atoms with Crippen LogP contribution in [0.1, 0.15) is 24.2 Å². The van der Waals surface area contributed by atoms with Gasteiger partial charge in [0, 0.05) is 0 Å². The van der Waals surface area contributed by atoms with E-state index in [1.807, 2.05) is 36.4 Å². The van der Waals surface area contributed by atoms with Crippen LogP contribution in [0.4, 0.5) is 0 Å². The summed E-state index contributed by atoms with van der Waals surface area (Å²) in [6.45, 7) is 2.29. The predicted molar refractivity (Wildman–Crippen MR) is 85.4 cm³/mol. The highest BCUT2D eigenvalue weighted by Crippen LogP contribution is 2.22. The molecule has 0 saturated heterocycles. The molecule has 0 radical (unpaired) electrons. The van der Waals surface area contributed by atoms with E-state index in [1.165, 1.54) is 16.3 Å². The number of hydrogen-bond acceptors (Lipinski definition) is 2. The zero-order valence-corrected chi connectivity index (χ0v) is 12.0. The Morgan fingerprint density at radius 3 is 2.38 bits per heavy atom. The second kappa shape index (κ2) is 5.98. The Morgan fingerprint density at radius 2 is 1.62 bits per heavy atom. The molecule has 2 nitrogen and oxygen atoms in total. The summed E-state index contributed by atoms with van der Waals surface area (Å²) in [6, 6.07) is 22.1. The molecule has 21 heavy (non-hydrogen) atoms. The van der Waals surface area contributed by atoms with Gasteiger partial charge in [-0.1, -0.05) is 54.6 Å². The first-order valence-electron chi connectivity index (χ1n) is 7.11. The minimum absolute atomic E-state index is 0.447. The zero-order chi connectivity index (χ0) is 14.7. The highest BCUT2D eigenvalue weighted by Gasteiger charge is 2.03. The van der Waals surface area contributed by atoms with Crippen LogP contribution in [0.5, 0.6) is 5.75 Å². The average Bonchev–Trinajstić information content (AvgIpc) is 2.53. The van der Waals surface area contributed by atoms with Gasteiger partial charge in [0.1, 0.15) is 12.4 Å². The number of aliphatic hydroxyl groups is 1. The number of benzene rings is 3. The topological polar surface area (TPSA) is 29.5 Å². The van der Waals surface area contributed by atoms with Crippen molar-refractivity contribution in [3.63, 3.8) is 0 Å². The molecule has 0 fully saturated rings. The van der Waals surface area contributed by atoms with Crippen molar-refractivity contribution in [1.82, 2.24) is 0 Å². The Labute approximate surface area is 124 Å². The highest BCUT2D eigenvalue weighted by atomic mass is 16.5. The molecule has 0 aromatic heterocycles. The smallest absolute Gasteiger partial charge is 0.119 e. The molecule has 1 atom stereocenters. The van der Waals surface area contributed by atoms with Gasteiger partial charge in [0.25, 0.3) is 0 Å². The monoisotopic (exact) mass is 278 g/mol. The van der Waals surface area contributed by atoms with Crippen molar-refractivity contribution in [2.75, 3.05) is 0 Å². The van der Waals surface area contributed by atoms with Gasteiger partial charge in [0.2, 0.25) is 0 Å². The Morgan fingerprint density at radius 1 is 0.905 bits per heavy atom. The summed E-state index contributed by atoms with van der Waals surface area (Å²) in [6.07, 6.45) is -0.447. The van der Waals surface area contributed by atoms with Gasteiger partial charge in [-0.2, -0.15) is 0 Å². The van der Waals surface area contributed by atoms with Crippen molar-refractivity contribution in [3.8, 4) is 5.75 Å². The molecule has 0 unspecified atom stereocenters. The van der Waals surface area contributed by atoms with Gasteiger partial charge in [0.05, 0.1) is 6.10 Å². The third-order valence-electron chi connectivity index (χ3n) is 3.64. The summed E-state index contributed by atoms with van der Waals surface area (Å²) >= 11 is 0. The summed E-state index contributed by atoms with van der Waals surface area (Å²) in [5, 5.41) is 11.9. The van der Waals surface area contributed by atoms with E-state index in [-0.39, 0.29) is 0 Å². The number of hydrogen-bond donors (Lipinski definition) is 1. The minimum Gasteiger partial charge on any atom is -0.489 e. The van der Waals surface area contributed by atoms with E-state index < -0.39 is 6.10 Å². The average molecular weight is 278 g/mol. The fourth-order valence-corrected chi connectivity index (χ4v) is 2.42. The maximum Gasteiger partial charge on any atom is 0.119 e. The van der Waals surface area contributed by atoms with Crippen LogP contribution in [0.15, 0.2) is 66.7 Å². The molecule has 0 aliphatic heterocycles. The fourth-order valence-electron chi connectivity index (χ4n) is 2.42. The van der Waals surface area contributed by atoms with Gasteiger partial charge in [-0.05, 0) is 41.0 Å². The van der Waals surface area contributed by atoms with Crippen LogP contribution in [-0.2, 0) is 6.61 Å². The van der Waals surface area contributed by atoms with E-state index in [9.17, 15) is 5.11 Å². The second-order valence-corrected chi connectivity index (χ2v) is 5.17. The van der Waals surface area contributed by atoms with Crippen molar-refractivity contribution in [2.24, 2.45) is 0 Å². The lowest BCUT2D eigenvalue weighted by Crippen LogP contribution is -1.97. The molecule has 0 amide bonds. The summed E-state index contributed by atoms with van der Waals surface area (Å²) in [5.41, 5.74) is 2.07. The maximum atomic E-state index is 9.50. The van der Waals surface area contributed by atoms with Crippen molar-refractivity contribution in [1.29, 1.82) is 0 Å². The zero-order valence-electron chi connectivity index (χ0n) is 12.0. The van der Waals surface area contributed by atoms with Gasteiger partial charge in [-0.3, -0.25) is 0 Å². The first kappa shape index (κ1) is 13.7. The molecule has 0 aliphatic rings. The van der Waals surface area contributed by atoms with E-state index in [2.05, 4.69) is 30.3 Å². The Hall–Kier alpha value is -2.32. The number of rotatable bonds is 4. The van der Waals surface area contributed by atoms with Crippen LogP contribution in [0.2, 0.25) is 0 Å². The highest BCUT2D eigenvalue weighted by molar-refractivity contribution is 5.85. The summed E-state index contributed by atoms with van der Waals surface area (Å²) < 4.78 is 5.85. The van der Waals surface area contributed by atoms with Crippen LogP contribution in [0.25, 0.3) is 10.8 Å². The number of fused-ring (bicyclic) bond motifs is 1. The molecule has 3 aromatic carbocycles. The quantitative estimate of drug-likeness (QED) is 0.763. The van der Waals surface area contributed by atoms with Crippen LogP contribution >= 0.6 is 0 Å². The summed E-state index contributed by atoms with van der Waals surface area (Å²) in [7, 11) is 0. The largest absolute Gasteiger partial charge is 0.489 e. The van der Waals surface area contributed by atoms with E-state index in [1.54, 1.807) is 6.92 Å². The molecule has 0 aliphatic carbocycles.